The van der Waals surface area contributed by atoms with E-state index in [0.717, 1.165) is 22.4 Å². The van der Waals surface area contributed by atoms with Gasteiger partial charge in [-0.15, -0.1) is 6.42 Å². The van der Waals surface area contributed by atoms with Crippen LogP contribution in [0.15, 0.2) is 42.5 Å². The molecular weight excluding hydrogens is 270 g/mol. The van der Waals surface area contributed by atoms with Crippen LogP contribution in [0, 0.1) is 12.3 Å². The number of terminal acetylenes is 1. The highest BCUT2D eigenvalue weighted by Gasteiger charge is 2.23. The third kappa shape index (κ3) is 2.20. The molecule has 0 bridgehead atoms. The Labute approximate surface area is 122 Å². The molecule has 0 unspecified atom stereocenters. The maximum atomic E-state index is 12.0. The molecule has 0 spiro atoms. The topological polar surface area (TPSA) is 29.1 Å². The summed E-state index contributed by atoms with van der Waals surface area (Å²) in [6.45, 7) is 0. The van der Waals surface area contributed by atoms with E-state index < -0.39 is 0 Å². The number of benzene rings is 2. The molecule has 1 N–H and O–H groups in total. The fourth-order valence-electron chi connectivity index (χ4n) is 2.15. The van der Waals surface area contributed by atoms with Crippen LogP contribution in [0.3, 0.4) is 0 Å². The largest absolute Gasteiger partial charge is 0.321 e. The molecule has 0 radical (unpaired) electrons. The smallest absolute Gasteiger partial charge is 0.256 e. The van der Waals surface area contributed by atoms with Crippen molar-refractivity contribution in [2.45, 2.75) is 0 Å². The molecule has 0 saturated carbocycles. The number of fused-ring (bicyclic) bond motifs is 1. The normalized spacial score (nSPS) is 14.8. The van der Waals surface area contributed by atoms with Gasteiger partial charge in [0.2, 0.25) is 0 Å². The molecule has 3 rings (SSSR count). The molecule has 1 aliphatic rings. The van der Waals surface area contributed by atoms with Crippen LogP contribution in [0.4, 0.5) is 5.69 Å². The lowest BCUT2D eigenvalue weighted by molar-refractivity contribution is -0.110. The van der Waals surface area contributed by atoms with E-state index in [1.54, 1.807) is 18.2 Å². The zero-order valence-corrected chi connectivity index (χ0v) is 11.2. The van der Waals surface area contributed by atoms with E-state index in [1.807, 2.05) is 30.3 Å². The van der Waals surface area contributed by atoms with Crippen LogP contribution in [0.25, 0.3) is 11.6 Å². The minimum absolute atomic E-state index is 0.122. The van der Waals surface area contributed by atoms with Crippen molar-refractivity contribution in [3.63, 3.8) is 0 Å². The van der Waals surface area contributed by atoms with Gasteiger partial charge in [0.15, 0.2) is 0 Å². The molecule has 1 amide bonds. The highest BCUT2D eigenvalue weighted by Crippen LogP contribution is 2.34. The van der Waals surface area contributed by atoms with Crippen LogP contribution in [0.5, 0.6) is 0 Å². The van der Waals surface area contributed by atoms with Crippen LogP contribution in [-0.4, -0.2) is 5.91 Å². The number of anilines is 1. The number of carbonyl (C=O) groups is 1. The fourth-order valence-corrected chi connectivity index (χ4v) is 2.32. The Morgan fingerprint density at radius 3 is 2.60 bits per heavy atom. The lowest BCUT2D eigenvalue weighted by atomic mass is 10.0. The quantitative estimate of drug-likeness (QED) is 0.624. The summed E-state index contributed by atoms with van der Waals surface area (Å²) in [6, 6.07) is 12.8. The average molecular weight is 280 g/mol. The van der Waals surface area contributed by atoms with E-state index in [1.165, 1.54) is 0 Å². The molecule has 2 aromatic carbocycles. The lowest BCUT2D eigenvalue weighted by Gasteiger charge is -2.00. The van der Waals surface area contributed by atoms with Gasteiger partial charge in [0, 0.05) is 27.4 Å². The van der Waals surface area contributed by atoms with Crippen molar-refractivity contribution >= 4 is 34.8 Å². The van der Waals surface area contributed by atoms with Gasteiger partial charge in [-0.2, -0.15) is 0 Å². The lowest BCUT2D eigenvalue weighted by Crippen LogP contribution is -2.03. The number of halogens is 1. The van der Waals surface area contributed by atoms with Crippen molar-refractivity contribution in [2.75, 3.05) is 5.32 Å². The molecule has 0 saturated heterocycles. The van der Waals surface area contributed by atoms with Gasteiger partial charge in [-0.3, -0.25) is 4.79 Å². The second-order valence-corrected chi connectivity index (χ2v) is 4.90. The first-order valence-electron chi connectivity index (χ1n) is 6.07. The maximum Gasteiger partial charge on any atom is 0.256 e. The van der Waals surface area contributed by atoms with E-state index >= 15 is 0 Å². The molecule has 0 atom stereocenters. The summed E-state index contributed by atoms with van der Waals surface area (Å²) in [5.41, 5.74) is 3.94. The molecular formula is C17H10ClNO. The van der Waals surface area contributed by atoms with Gasteiger partial charge in [-0.05, 0) is 42.0 Å². The van der Waals surface area contributed by atoms with Crippen molar-refractivity contribution in [3.8, 4) is 12.3 Å². The average Bonchev–Trinajstić information content (AvgIpc) is 2.76. The van der Waals surface area contributed by atoms with Gasteiger partial charge in [0.25, 0.3) is 5.91 Å². The Bertz CT molecular complexity index is 767. The van der Waals surface area contributed by atoms with Gasteiger partial charge in [0.1, 0.15) is 0 Å². The zero-order chi connectivity index (χ0) is 14.1. The predicted molar refractivity (Wildman–Crippen MR) is 82.3 cm³/mol. The molecule has 2 nitrogen and oxygen atoms in total. The summed E-state index contributed by atoms with van der Waals surface area (Å²) < 4.78 is 0. The van der Waals surface area contributed by atoms with Crippen molar-refractivity contribution < 1.29 is 4.79 Å². The summed E-state index contributed by atoms with van der Waals surface area (Å²) in [5.74, 6) is 2.44. The number of rotatable bonds is 1. The highest BCUT2D eigenvalue weighted by molar-refractivity contribution is 6.36. The minimum atomic E-state index is -0.122. The molecule has 3 heteroatoms. The third-order valence-corrected chi connectivity index (χ3v) is 3.39. The molecule has 1 heterocycles. The van der Waals surface area contributed by atoms with E-state index in [0.29, 0.717) is 10.6 Å². The number of nitrogens with one attached hydrogen (secondary N) is 1. The Hall–Kier alpha value is -2.50. The standard InChI is InChI=1S/C17H10ClNO/c1-2-11-3-5-12(6-4-11)9-15-14-10-13(18)7-8-16(14)19-17(15)20/h1,3-10H,(H,19,20)/b15-9-. The van der Waals surface area contributed by atoms with E-state index in [-0.39, 0.29) is 5.91 Å². The van der Waals surface area contributed by atoms with Crippen LogP contribution < -0.4 is 5.32 Å². The zero-order valence-electron chi connectivity index (χ0n) is 10.5. The maximum absolute atomic E-state index is 12.0. The summed E-state index contributed by atoms with van der Waals surface area (Å²) in [6.07, 6.45) is 7.15. The number of amides is 1. The van der Waals surface area contributed by atoms with Crippen LogP contribution >= 0.6 is 11.6 Å². The van der Waals surface area contributed by atoms with Gasteiger partial charge in [-0.1, -0.05) is 29.7 Å². The number of hydrogen-bond donors (Lipinski definition) is 1. The van der Waals surface area contributed by atoms with Gasteiger partial charge in [-0.25, -0.2) is 0 Å². The summed E-state index contributed by atoms with van der Waals surface area (Å²) in [7, 11) is 0. The van der Waals surface area contributed by atoms with Crippen molar-refractivity contribution in [1.82, 2.24) is 0 Å². The van der Waals surface area contributed by atoms with E-state index in [9.17, 15) is 4.79 Å². The number of hydrogen-bond acceptors (Lipinski definition) is 1. The molecule has 96 valence electrons. The third-order valence-electron chi connectivity index (χ3n) is 3.15. The van der Waals surface area contributed by atoms with Crippen molar-refractivity contribution in [1.29, 1.82) is 0 Å². The van der Waals surface area contributed by atoms with Crippen LogP contribution in [0.1, 0.15) is 16.7 Å². The Morgan fingerprint density at radius 2 is 1.90 bits per heavy atom. The molecule has 1 aliphatic heterocycles. The Morgan fingerprint density at radius 1 is 1.15 bits per heavy atom. The monoisotopic (exact) mass is 279 g/mol. The molecule has 0 aliphatic carbocycles. The first-order valence-corrected chi connectivity index (χ1v) is 6.45. The second kappa shape index (κ2) is 4.88. The fraction of sp³-hybridized carbons (Fsp3) is 0. The van der Waals surface area contributed by atoms with Crippen LogP contribution in [0.2, 0.25) is 5.02 Å². The molecule has 0 fully saturated rings. The summed E-state index contributed by atoms with van der Waals surface area (Å²) in [4.78, 5) is 12.0. The van der Waals surface area contributed by atoms with Gasteiger partial charge < -0.3 is 5.32 Å². The second-order valence-electron chi connectivity index (χ2n) is 4.47. The molecule has 20 heavy (non-hydrogen) atoms. The van der Waals surface area contributed by atoms with E-state index in [2.05, 4.69) is 11.2 Å². The first-order chi connectivity index (χ1) is 9.67. The van der Waals surface area contributed by atoms with Crippen LogP contribution in [-0.2, 0) is 4.79 Å². The van der Waals surface area contributed by atoms with Gasteiger partial charge in [0.05, 0.1) is 0 Å². The van der Waals surface area contributed by atoms with E-state index in [4.69, 9.17) is 18.0 Å². The number of carbonyl (C=O) groups excluding carboxylic acids is 1. The molecule has 0 aromatic heterocycles. The highest BCUT2D eigenvalue weighted by atomic mass is 35.5. The van der Waals surface area contributed by atoms with Crippen molar-refractivity contribution in [3.05, 3.63) is 64.2 Å². The Balaban J connectivity index is 2.06. The van der Waals surface area contributed by atoms with Crippen molar-refractivity contribution in [2.24, 2.45) is 0 Å². The van der Waals surface area contributed by atoms with Gasteiger partial charge >= 0.3 is 0 Å². The SMILES string of the molecule is C#Cc1ccc(/C=C2\C(=O)Nc3ccc(Cl)cc32)cc1. The minimum Gasteiger partial charge on any atom is -0.321 e. The molecule has 2 aromatic rings. The predicted octanol–water partition coefficient (Wildman–Crippen LogP) is 3.81. The summed E-state index contributed by atoms with van der Waals surface area (Å²) >= 11 is 5.99. The summed E-state index contributed by atoms with van der Waals surface area (Å²) in [5, 5.41) is 3.42. The Kier molecular flexibility index (Phi) is 3.06. The first kappa shape index (κ1) is 12.5.